The second kappa shape index (κ2) is 7.94. The van der Waals surface area contributed by atoms with Crippen LogP contribution in [0.4, 0.5) is 0 Å². The van der Waals surface area contributed by atoms with Crippen molar-refractivity contribution in [1.82, 2.24) is 0 Å². The minimum atomic E-state index is -0.425. The zero-order chi connectivity index (χ0) is 20.4. The Hall–Kier alpha value is -3.37. The van der Waals surface area contributed by atoms with Crippen molar-refractivity contribution >= 4 is 28.5 Å². The lowest BCUT2D eigenvalue weighted by Gasteiger charge is -2.10. The molecule has 29 heavy (non-hydrogen) atoms. The summed E-state index contributed by atoms with van der Waals surface area (Å²) in [5, 5.41) is 1.40. The maximum Gasteiger partial charge on any atom is 0.344 e. The number of rotatable bonds is 4. The standard InChI is InChI=1S/C24H17ClO4/c1-15-20-12-11-19(28-22(26)13-16-7-9-18(25)10-8-16)14-21(20)29-24(27)23(15)17-5-3-2-4-6-17/h2-12,14H,13H2,1H3. The smallest absolute Gasteiger partial charge is 0.344 e. The Balaban J connectivity index is 1.62. The highest BCUT2D eigenvalue weighted by atomic mass is 35.5. The zero-order valence-electron chi connectivity index (χ0n) is 15.6. The van der Waals surface area contributed by atoms with Gasteiger partial charge in [0.1, 0.15) is 11.3 Å². The number of carbonyl (C=O) groups is 1. The molecule has 1 heterocycles. The molecule has 0 aliphatic carbocycles. The third kappa shape index (κ3) is 4.08. The lowest BCUT2D eigenvalue weighted by atomic mass is 10.00. The van der Waals surface area contributed by atoms with Gasteiger partial charge in [0.15, 0.2) is 0 Å². The molecule has 0 N–H and O–H groups in total. The van der Waals surface area contributed by atoms with E-state index in [2.05, 4.69) is 0 Å². The van der Waals surface area contributed by atoms with E-state index in [0.29, 0.717) is 21.9 Å². The highest BCUT2D eigenvalue weighted by Crippen LogP contribution is 2.29. The first kappa shape index (κ1) is 19.0. The van der Waals surface area contributed by atoms with Gasteiger partial charge in [-0.2, -0.15) is 0 Å². The Morgan fingerprint density at radius 3 is 2.45 bits per heavy atom. The molecule has 4 aromatic rings. The van der Waals surface area contributed by atoms with Gasteiger partial charge in [0.2, 0.25) is 0 Å². The molecule has 0 atom stereocenters. The third-order valence-corrected chi connectivity index (χ3v) is 4.95. The van der Waals surface area contributed by atoms with Crippen LogP contribution < -0.4 is 10.4 Å². The highest BCUT2D eigenvalue weighted by molar-refractivity contribution is 6.30. The van der Waals surface area contributed by atoms with E-state index in [0.717, 1.165) is 22.1 Å². The fourth-order valence-electron chi connectivity index (χ4n) is 3.27. The summed E-state index contributed by atoms with van der Waals surface area (Å²) in [4.78, 5) is 24.8. The van der Waals surface area contributed by atoms with E-state index in [1.807, 2.05) is 37.3 Å². The molecule has 4 rings (SSSR count). The van der Waals surface area contributed by atoms with E-state index in [1.165, 1.54) is 0 Å². The van der Waals surface area contributed by atoms with Crippen molar-refractivity contribution in [2.45, 2.75) is 13.3 Å². The summed E-state index contributed by atoms with van der Waals surface area (Å²) in [5.41, 5.74) is 2.91. The number of fused-ring (bicyclic) bond motifs is 1. The molecule has 0 unspecified atom stereocenters. The van der Waals surface area contributed by atoms with Crippen LogP contribution in [0, 0.1) is 6.92 Å². The van der Waals surface area contributed by atoms with Crippen LogP contribution in [0.1, 0.15) is 11.1 Å². The summed E-state index contributed by atoms with van der Waals surface area (Å²) in [7, 11) is 0. The molecular formula is C24H17ClO4. The van der Waals surface area contributed by atoms with E-state index in [1.54, 1.807) is 42.5 Å². The number of halogens is 1. The van der Waals surface area contributed by atoms with Gasteiger partial charge in [-0.25, -0.2) is 4.79 Å². The van der Waals surface area contributed by atoms with Crippen molar-refractivity contribution in [3.63, 3.8) is 0 Å². The molecule has 0 spiro atoms. The first-order valence-corrected chi connectivity index (χ1v) is 9.47. The van der Waals surface area contributed by atoms with E-state index in [9.17, 15) is 9.59 Å². The molecule has 0 saturated carbocycles. The largest absolute Gasteiger partial charge is 0.426 e. The quantitative estimate of drug-likeness (QED) is 0.253. The molecule has 4 nitrogen and oxygen atoms in total. The number of ether oxygens (including phenoxy) is 1. The van der Waals surface area contributed by atoms with Crippen LogP contribution >= 0.6 is 11.6 Å². The first-order valence-electron chi connectivity index (χ1n) is 9.09. The molecule has 0 amide bonds. The topological polar surface area (TPSA) is 56.5 Å². The van der Waals surface area contributed by atoms with Crippen molar-refractivity contribution in [2.24, 2.45) is 0 Å². The number of carbonyl (C=O) groups excluding carboxylic acids is 1. The number of hydrogen-bond acceptors (Lipinski definition) is 4. The second-order valence-corrected chi connectivity index (χ2v) is 7.13. The summed E-state index contributed by atoms with van der Waals surface area (Å²) in [5.74, 6) is -0.0851. The first-order chi connectivity index (χ1) is 14.0. The Kier molecular flexibility index (Phi) is 5.19. The third-order valence-electron chi connectivity index (χ3n) is 4.69. The molecular weight excluding hydrogens is 388 g/mol. The van der Waals surface area contributed by atoms with Gasteiger partial charge in [-0.05, 0) is 47.9 Å². The van der Waals surface area contributed by atoms with Crippen LogP contribution in [-0.2, 0) is 11.2 Å². The zero-order valence-corrected chi connectivity index (χ0v) is 16.4. The van der Waals surface area contributed by atoms with Gasteiger partial charge in [0, 0.05) is 16.5 Å². The number of benzene rings is 3. The van der Waals surface area contributed by atoms with Gasteiger partial charge in [0.25, 0.3) is 0 Å². The summed E-state index contributed by atoms with van der Waals surface area (Å²) in [6.07, 6.45) is 0.116. The van der Waals surface area contributed by atoms with Crippen molar-refractivity contribution < 1.29 is 13.9 Å². The molecule has 5 heteroatoms. The summed E-state index contributed by atoms with van der Waals surface area (Å²) < 4.78 is 10.9. The maximum absolute atomic E-state index is 12.6. The molecule has 0 aliphatic rings. The summed E-state index contributed by atoms with van der Waals surface area (Å²) in [6.45, 7) is 1.88. The van der Waals surface area contributed by atoms with Crippen LogP contribution in [0.5, 0.6) is 5.75 Å². The lowest BCUT2D eigenvalue weighted by Crippen LogP contribution is -2.11. The molecule has 0 fully saturated rings. The van der Waals surface area contributed by atoms with Crippen molar-refractivity contribution in [1.29, 1.82) is 0 Å². The van der Waals surface area contributed by atoms with E-state index in [-0.39, 0.29) is 6.42 Å². The van der Waals surface area contributed by atoms with E-state index < -0.39 is 11.6 Å². The van der Waals surface area contributed by atoms with Gasteiger partial charge < -0.3 is 9.15 Å². The molecule has 0 aliphatic heterocycles. The van der Waals surface area contributed by atoms with Gasteiger partial charge >= 0.3 is 11.6 Å². The SMILES string of the molecule is Cc1c(-c2ccccc2)c(=O)oc2cc(OC(=O)Cc3ccc(Cl)cc3)ccc12. The van der Waals surface area contributed by atoms with Crippen LogP contribution in [0.2, 0.25) is 5.02 Å². The number of aryl methyl sites for hydroxylation is 1. The predicted molar refractivity (Wildman–Crippen MR) is 113 cm³/mol. The molecule has 1 aromatic heterocycles. The molecule has 0 radical (unpaired) electrons. The van der Waals surface area contributed by atoms with Crippen molar-refractivity contribution in [2.75, 3.05) is 0 Å². The monoisotopic (exact) mass is 404 g/mol. The minimum absolute atomic E-state index is 0.116. The number of hydrogen-bond donors (Lipinski definition) is 0. The summed E-state index contributed by atoms with van der Waals surface area (Å²) in [6, 6.07) is 21.5. The Morgan fingerprint density at radius 2 is 1.72 bits per heavy atom. The maximum atomic E-state index is 12.6. The van der Waals surface area contributed by atoms with Crippen LogP contribution in [0.15, 0.2) is 82.0 Å². The van der Waals surface area contributed by atoms with E-state index >= 15 is 0 Å². The number of esters is 1. The average Bonchev–Trinajstić information content (AvgIpc) is 2.70. The molecule has 3 aromatic carbocycles. The lowest BCUT2D eigenvalue weighted by molar-refractivity contribution is -0.133. The molecule has 0 saturated heterocycles. The fraction of sp³-hybridized carbons (Fsp3) is 0.0833. The highest BCUT2D eigenvalue weighted by Gasteiger charge is 2.14. The molecule has 0 bridgehead atoms. The van der Waals surface area contributed by atoms with Gasteiger partial charge in [-0.15, -0.1) is 0 Å². The fourth-order valence-corrected chi connectivity index (χ4v) is 3.40. The normalized spacial score (nSPS) is 10.8. The summed E-state index contributed by atoms with van der Waals surface area (Å²) >= 11 is 5.86. The van der Waals surface area contributed by atoms with Crippen LogP contribution in [-0.4, -0.2) is 5.97 Å². The van der Waals surface area contributed by atoms with Gasteiger partial charge in [-0.1, -0.05) is 54.1 Å². The van der Waals surface area contributed by atoms with Crippen molar-refractivity contribution in [3.05, 3.63) is 99.4 Å². The van der Waals surface area contributed by atoms with E-state index in [4.69, 9.17) is 20.8 Å². The van der Waals surface area contributed by atoms with Gasteiger partial charge in [-0.3, -0.25) is 4.79 Å². The Bertz CT molecular complexity index is 1240. The van der Waals surface area contributed by atoms with Gasteiger partial charge in [0.05, 0.1) is 12.0 Å². The Labute approximate surface area is 172 Å². The molecule has 144 valence electrons. The Morgan fingerprint density at radius 1 is 1.00 bits per heavy atom. The van der Waals surface area contributed by atoms with Crippen LogP contribution in [0.3, 0.4) is 0 Å². The minimum Gasteiger partial charge on any atom is -0.426 e. The second-order valence-electron chi connectivity index (χ2n) is 6.69. The van der Waals surface area contributed by atoms with Crippen LogP contribution in [0.25, 0.3) is 22.1 Å². The average molecular weight is 405 g/mol. The predicted octanol–water partition coefficient (Wildman–Crippen LogP) is 5.57. The van der Waals surface area contributed by atoms with Crippen molar-refractivity contribution in [3.8, 4) is 16.9 Å².